The zero-order chi connectivity index (χ0) is 18.7. The summed E-state index contributed by atoms with van der Waals surface area (Å²) < 4.78 is 8.02. The Morgan fingerprint density at radius 3 is 2.46 bits per heavy atom. The number of anilines is 1. The molecule has 0 spiro atoms. The van der Waals surface area contributed by atoms with E-state index in [0.29, 0.717) is 12.6 Å². The third kappa shape index (κ3) is 4.12. The van der Waals surface area contributed by atoms with Crippen molar-refractivity contribution in [2.75, 3.05) is 11.9 Å². The molecule has 0 radical (unpaired) electrons. The standard InChI is InChI=1S/C22H30N2O2/c1-15(2)26-20-11-9-18(10-12-20)23-14-22(25)21-13-16(3)24(17(21)4)19-7-5-6-8-19/h9-13,15,19,23H,5-8,14H2,1-4H3. The maximum Gasteiger partial charge on any atom is 0.183 e. The van der Waals surface area contributed by atoms with Gasteiger partial charge in [-0.3, -0.25) is 4.79 Å². The number of carbonyl (C=O) groups excluding carboxylic acids is 1. The molecule has 0 saturated heterocycles. The molecule has 1 aromatic heterocycles. The first-order valence-corrected chi connectivity index (χ1v) is 9.68. The molecule has 4 heteroatoms. The highest BCUT2D eigenvalue weighted by atomic mass is 16.5. The Balaban J connectivity index is 1.64. The summed E-state index contributed by atoms with van der Waals surface area (Å²) in [5.41, 5.74) is 4.09. The molecule has 0 unspecified atom stereocenters. The predicted octanol–water partition coefficient (Wildman–Crippen LogP) is 5.30. The molecule has 1 saturated carbocycles. The van der Waals surface area contributed by atoms with Gasteiger partial charge < -0.3 is 14.6 Å². The van der Waals surface area contributed by atoms with Crippen LogP contribution in [0.3, 0.4) is 0 Å². The van der Waals surface area contributed by atoms with Crippen molar-refractivity contribution in [2.45, 2.75) is 65.5 Å². The second-order valence-electron chi connectivity index (χ2n) is 7.56. The van der Waals surface area contributed by atoms with Crippen molar-refractivity contribution in [3.05, 3.63) is 47.3 Å². The Bertz CT molecular complexity index is 753. The summed E-state index contributed by atoms with van der Waals surface area (Å²) >= 11 is 0. The second-order valence-corrected chi connectivity index (χ2v) is 7.56. The number of hydrogen-bond donors (Lipinski definition) is 1. The smallest absolute Gasteiger partial charge is 0.183 e. The number of ether oxygens (including phenoxy) is 1. The van der Waals surface area contributed by atoms with Gasteiger partial charge in [-0.25, -0.2) is 0 Å². The number of aryl methyl sites for hydroxylation is 1. The van der Waals surface area contributed by atoms with Gasteiger partial charge in [0.25, 0.3) is 0 Å². The van der Waals surface area contributed by atoms with Crippen LogP contribution in [0.25, 0.3) is 0 Å². The molecular formula is C22H30N2O2. The minimum absolute atomic E-state index is 0.143. The molecule has 1 heterocycles. The van der Waals surface area contributed by atoms with Crippen LogP contribution in [0.5, 0.6) is 5.75 Å². The van der Waals surface area contributed by atoms with E-state index in [9.17, 15) is 4.79 Å². The lowest BCUT2D eigenvalue weighted by Crippen LogP contribution is -2.15. The fraction of sp³-hybridized carbons (Fsp3) is 0.500. The topological polar surface area (TPSA) is 43.3 Å². The lowest BCUT2D eigenvalue weighted by Gasteiger charge is -2.17. The number of nitrogens with zero attached hydrogens (tertiary/aromatic N) is 1. The highest BCUT2D eigenvalue weighted by Gasteiger charge is 2.23. The first-order chi connectivity index (χ1) is 12.5. The van der Waals surface area contributed by atoms with Crippen molar-refractivity contribution in [3.63, 3.8) is 0 Å². The van der Waals surface area contributed by atoms with Crippen molar-refractivity contribution < 1.29 is 9.53 Å². The number of aromatic nitrogens is 1. The van der Waals surface area contributed by atoms with Crippen LogP contribution >= 0.6 is 0 Å². The molecule has 2 aromatic rings. The maximum atomic E-state index is 12.7. The average Bonchev–Trinajstić information content (AvgIpc) is 3.21. The van der Waals surface area contributed by atoms with Crippen LogP contribution in [0.2, 0.25) is 0 Å². The fourth-order valence-electron chi connectivity index (χ4n) is 3.98. The van der Waals surface area contributed by atoms with E-state index in [1.54, 1.807) is 0 Å². The molecule has 1 aromatic carbocycles. The monoisotopic (exact) mass is 354 g/mol. The Hall–Kier alpha value is -2.23. The number of carbonyl (C=O) groups is 1. The van der Waals surface area contributed by atoms with E-state index in [1.165, 1.54) is 31.4 Å². The highest BCUT2D eigenvalue weighted by molar-refractivity contribution is 6.00. The number of rotatable bonds is 7. The average molecular weight is 354 g/mol. The molecule has 26 heavy (non-hydrogen) atoms. The van der Waals surface area contributed by atoms with Gasteiger partial charge in [-0.1, -0.05) is 12.8 Å². The first kappa shape index (κ1) is 18.6. The van der Waals surface area contributed by atoms with Crippen molar-refractivity contribution in [3.8, 4) is 5.75 Å². The van der Waals surface area contributed by atoms with Gasteiger partial charge in [-0.2, -0.15) is 0 Å². The molecule has 1 N–H and O–H groups in total. The molecule has 3 rings (SSSR count). The van der Waals surface area contributed by atoms with Gasteiger partial charge >= 0.3 is 0 Å². The van der Waals surface area contributed by atoms with E-state index >= 15 is 0 Å². The summed E-state index contributed by atoms with van der Waals surface area (Å²) in [6.45, 7) is 8.51. The summed E-state index contributed by atoms with van der Waals surface area (Å²) in [6.07, 6.45) is 5.21. The van der Waals surface area contributed by atoms with Crippen molar-refractivity contribution >= 4 is 11.5 Å². The van der Waals surface area contributed by atoms with E-state index in [2.05, 4.69) is 29.8 Å². The van der Waals surface area contributed by atoms with Gasteiger partial charge in [0, 0.05) is 28.7 Å². The van der Waals surface area contributed by atoms with Crippen molar-refractivity contribution in [1.29, 1.82) is 0 Å². The molecule has 1 fully saturated rings. The van der Waals surface area contributed by atoms with Crippen LogP contribution in [-0.4, -0.2) is 23.0 Å². The summed E-state index contributed by atoms with van der Waals surface area (Å²) in [6, 6.07) is 10.4. The van der Waals surface area contributed by atoms with Crippen LogP contribution in [-0.2, 0) is 0 Å². The Morgan fingerprint density at radius 1 is 1.19 bits per heavy atom. The van der Waals surface area contributed by atoms with E-state index in [-0.39, 0.29) is 11.9 Å². The molecule has 0 bridgehead atoms. The Morgan fingerprint density at radius 2 is 1.85 bits per heavy atom. The van der Waals surface area contributed by atoms with Gasteiger partial charge in [-0.15, -0.1) is 0 Å². The molecule has 0 amide bonds. The van der Waals surface area contributed by atoms with Gasteiger partial charge in [-0.05, 0) is 70.9 Å². The number of hydrogen-bond acceptors (Lipinski definition) is 3. The quantitative estimate of drug-likeness (QED) is 0.686. The zero-order valence-electron chi connectivity index (χ0n) is 16.3. The minimum atomic E-state index is 0.143. The lowest BCUT2D eigenvalue weighted by molar-refractivity contribution is 0.101. The molecule has 0 atom stereocenters. The molecule has 1 aliphatic rings. The fourth-order valence-corrected chi connectivity index (χ4v) is 3.98. The molecule has 4 nitrogen and oxygen atoms in total. The third-order valence-corrected chi connectivity index (χ3v) is 5.15. The van der Waals surface area contributed by atoms with Crippen LogP contribution in [0, 0.1) is 13.8 Å². The summed E-state index contributed by atoms with van der Waals surface area (Å²) in [4.78, 5) is 12.7. The molecule has 140 valence electrons. The third-order valence-electron chi connectivity index (χ3n) is 5.15. The van der Waals surface area contributed by atoms with Crippen LogP contribution in [0.15, 0.2) is 30.3 Å². The van der Waals surface area contributed by atoms with Crippen molar-refractivity contribution in [2.24, 2.45) is 0 Å². The zero-order valence-corrected chi connectivity index (χ0v) is 16.3. The SMILES string of the molecule is Cc1cc(C(=O)CNc2ccc(OC(C)C)cc2)c(C)n1C1CCCC1. The molecular weight excluding hydrogens is 324 g/mol. The highest BCUT2D eigenvalue weighted by Crippen LogP contribution is 2.33. The van der Waals surface area contributed by atoms with E-state index in [1.807, 2.05) is 38.1 Å². The van der Waals surface area contributed by atoms with Crippen LogP contribution in [0.1, 0.15) is 67.3 Å². The molecule has 0 aliphatic heterocycles. The van der Waals surface area contributed by atoms with Gasteiger partial charge in [0.05, 0.1) is 12.6 Å². The van der Waals surface area contributed by atoms with Crippen molar-refractivity contribution in [1.82, 2.24) is 4.57 Å². The Labute approximate surface area is 156 Å². The number of nitrogens with one attached hydrogen (secondary N) is 1. The van der Waals surface area contributed by atoms with E-state index in [0.717, 1.165) is 22.7 Å². The predicted molar refractivity (Wildman–Crippen MR) is 106 cm³/mol. The summed E-state index contributed by atoms with van der Waals surface area (Å²) in [5, 5.41) is 3.23. The number of benzene rings is 1. The lowest BCUT2D eigenvalue weighted by atomic mass is 10.1. The Kier molecular flexibility index (Phi) is 5.70. The number of ketones is 1. The molecule has 1 aliphatic carbocycles. The minimum Gasteiger partial charge on any atom is -0.491 e. The maximum absolute atomic E-state index is 12.7. The largest absolute Gasteiger partial charge is 0.491 e. The second kappa shape index (κ2) is 7.98. The van der Waals surface area contributed by atoms with E-state index < -0.39 is 0 Å². The summed E-state index contributed by atoms with van der Waals surface area (Å²) in [7, 11) is 0. The van der Waals surface area contributed by atoms with Crippen LogP contribution < -0.4 is 10.1 Å². The van der Waals surface area contributed by atoms with Gasteiger partial charge in [0.2, 0.25) is 0 Å². The van der Waals surface area contributed by atoms with Gasteiger partial charge in [0.1, 0.15) is 5.75 Å². The number of Topliss-reactive ketones (excluding diaryl/α,β-unsaturated/α-hetero) is 1. The first-order valence-electron chi connectivity index (χ1n) is 9.68. The summed E-state index contributed by atoms with van der Waals surface area (Å²) in [5.74, 6) is 0.988. The van der Waals surface area contributed by atoms with Gasteiger partial charge in [0.15, 0.2) is 5.78 Å². The van der Waals surface area contributed by atoms with E-state index in [4.69, 9.17) is 4.74 Å². The normalized spacial score (nSPS) is 14.8. The van der Waals surface area contributed by atoms with Crippen LogP contribution in [0.4, 0.5) is 5.69 Å².